The molecule has 6 heteroatoms. The summed E-state index contributed by atoms with van der Waals surface area (Å²) < 4.78 is 9.70. The van der Waals surface area contributed by atoms with Crippen molar-refractivity contribution in [2.45, 2.75) is 32.7 Å². The molecule has 1 amide bonds. The van der Waals surface area contributed by atoms with Crippen LogP contribution in [-0.4, -0.2) is 37.1 Å². The van der Waals surface area contributed by atoms with Crippen molar-refractivity contribution in [2.24, 2.45) is 0 Å². The number of benzene rings is 1. The van der Waals surface area contributed by atoms with E-state index in [1.807, 2.05) is 18.2 Å². The highest BCUT2D eigenvalue weighted by Gasteiger charge is 2.34. The number of amides is 1. The van der Waals surface area contributed by atoms with Crippen LogP contribution in [0.25, 0.3) is 0 Å². The lowest BCUT2D eigenvalue weighted by Gasteiger charge is -2.34. The van der Waals surface area contributed by atoms with Gasteiger partial charge in [0.05, 0.1) is 19.3 Å². The number of hydrogen-bond acceptors (Lipinski definition) is 5. The molecule has 0 bridgehead atoms. The lowest BCUT2D eigenvalue weighted by molar-refractivity contribution is -0.153. The molecule has 1 aliphatic rings. The Morgan fingerprint density at radius 3 is 2.58 bits per heavy atom. The SMILES string of the molecule is CCOC(=O)C=CC1CCc2ccccc2N1C(=O)C(=O)OCC. The van der Waals surface area contributed by atoms with E-state index in [1.165, 1.54) is 11.0 Å². The van der Waals surface area contributed by atoms with Crippen molar-refractivity contribution in [3.63, 3.8) is 0 Å². The van der Waals surface area contributed by atoms with Crippen molar-refractivity contribution < 1.29 is 23.9 Å². The Kier molecular flexibility index (Phi) is 6.12. The Morgan fingerprint density at radius 1 is 1.17 bits per heavy atom. The van der Waals surface area contributed by atoms with Gasteiger partial charge in [0.25, 0.3) is 0 Å². The summed E-state index contributed by atoms with van der Waals surface area (Å²) in [4.78, 5) is 37.4. The van der Waals surface area contributed by atoms with Gasteiger partial charge in [0.2, 0.25) is 0 Å². The minimum Gasteiger partial charge on any atom is -0.463 e. The number of para-hydroxylation sites is 1. The molecule has 1 aromatic carbocycles. The second kappa shape index (κ2) is 8.29. The molecule has 128 valence electrons. The molecule has 0 saturated carbocycles. The molecular weight excluding hydrogens is 310 g/mol. The van der Waals surface area contributed by atoms with Gasteiger partial charge in [0.15, 0.2) is 0 Å². The summed E-state index contributed by atoms with van der Waals surface area (Å²) in [6.45, 7) is 3.78. The molecule has 1 heterocycles. The van der Waals surface area contributed by atoms with Gasteiger partial charge in [-0.25, -0.2) is 9.59 Å². The summed E-state index contributed by atoms with van der Waals surface area (Å²) in [5.41, 5.74) is 1.65. The number of aryl methyl sites for hydroxylation is 1. The van der Waals surface area contributed by atoms with Gasteiger partial charge in [-0.05, 0) is 38.3 Å². The first kappa shape index (κ1) is 17.7. The topological polar surface area (TPSA) is 72.9 Å². The minimum atomic E-state index is -0.899. The Morgan fingerprint density at radius 2 is 1.88 bits per heavy atom. The highest BCUT2D eigenvalue weighted by molar-refractivity contribution is 6.38. The van der Waals surface area contributed by atoms with E-state index in [1.54, 1.807) is 26.0 Å². The van der Waals surface area contributed by atoms with E-state index >= 15 is 0 Å². The Bertz CT molecular complexity index is 653. The van der Waals surface area contributed by atoms with Crippen molar-refractivity contribution in [1.82, 2.24) is 0 Å². The lowest BCUT2D eigenvalue weighted by Crippen LogP contribution is -2.46. The molecule has 0 aliphatic carbocycles. The third-order valence-corrected chi connectivity index (χ3v) is 3.70. The van der Waals surface area contributed by atoms with Crippen LogP contribution < -0.4 is 4.90 Å². The minimum absolute atomic E-state index is 0.128. The number of esters is 2. The number of nitrogens with zero attached hydrogens (tertiary/aromatic N) is 1. The number of hydrogen-bond donors (Lipinski definition) is 0. The first-order valence-electron chi connectivity index (χ1n) is 8.01. The van der Waals surface area contributed by atoms with E-state index in [0.29, 0.717) is 12.1 Å². The quantitative estimate of drug-likeness (QED) is 0.479. The fourth-order valence-corrected chi connectivity index (χ4v) is 2.68. The van der Waals surface area contributed by atoms with Crippen molar-refractivity contribution >= 4 is 23.5 Å². The number of fused-ring (bicyclic) bond motifs is 1. The van der Waals surface area contributed by atoms with E-state index in [9.17, 15) is 14.4 Å². The zero-order valence-corrected chi connectivity index (χ0v) is 13.9. The first-order valence-corrected chi connectivity index (χ1v) is 8.01. The van der Waals surface area contributed by atoms with Crippen molar-refractivity contribution in [3.05, 3.63) is 42.0 Å². The average Bonchev–Trinajstić information content (AvgIpc) is 2.59. The predicted octanol–water partition coefficient (Wildman–Crippen LogP) is 2.02. The van der Waals surface area contributed by atoms with E-state index in [2.05, 4.69) is 0 Å². The van der Waals surface area contributed by atoms with Gasteiger partial charge >= 0.3 is 17.8 Å². The fourth-order valence-electron chi connectivity index (χ4n) is 2.68. The maximum absolute atomic E-state index is 12.5. The van der Waals surface area contributed by atoms with Gasteiger partial charge < -0.3 is 9.47 Å². The molecule has 1 aromatic rings. The second-order valence-electron chi connectivity index (χ2n) is 5.24. The highest BCUT2D eigenvalue weighted by Crippen LogP contribution is 2.31. The van der Waals surface area contributed by atoms with Crippen LogP contribution in [0.4, 0.5) is 5.69 Å². The van der Waals surface area contributed by atoms with Gasteiger partial charge in [-0.1, -0.05) is 24.3 Å². The van der Waals surface area contributed by atoms with E-state index in [0.717, 1.165) is 12.0 Å². The summed E-state index contributed by atoms with van der Waals surface area (Å²) in [6.07, 6.45) is 4.26. The number of carbonyl (C=O) groups is 3. The summed E-state index contributed by atoms with van der Waals surface area (Å²) >= 11 is 0. The maximum atomic E-state index is 12.5. The fraction of sp³-hybridized carbons (Fsp3) is 0.389. The van der Waals surface area contributed by atoms with Gasteiger partial charge in [0.1, 0.15) is 0 Å². The first-order chi connectivity index (χ1) is 11.6. The van der Waals surface area contributed by atoms with Crippen LogP contribution in [0.3, 0.4) is 0 Å². The zero-order chi connectivity index (χ0) is 17.5. The standard InChI is InChI=1S/C18H21NO5/c1-3-23-16(20)12-11-14-10-9-13-7-5-6-8-15(13)19(14)17(21)18(22)24-4-2/h5-8,11-12,14H,3-4,9-10H2,1-2H3. The van der Waals surface area contributed by atoms with Gasteiger partial charge in [-0.3, -0.25) is 9.69 Å². The van der Waals surface area contributed by atoms with Crippen LogP contribution in [0.15, 0.2) is 36.4 Å². The number of anilines is 1. The van der Waals surface area contributed by atoms with Crippen LogP contribution in [0.2, 0.25) is 0 Å². The largest absolute Gasteiger partial charge is 0.463 e. The van der Waals surface area contributed by atoms with Crippen LogP contribution in [-0.2, 0) is 30.3 Å². The summed E-state index contributed by atoms with van der Waals surface area (Å²) in [7, 11) is 0. The second-order valence-corrected chi connectivity index (χ2v) is 5.24. The molecule has 24 heavy (non-hydrogen) atoms. The molecule has 1 unspecified atom stereocenters. The van der Waals surface area contributed by atoms with Crippen molar-refractivity contribution in [1.29, 1.82) is 0 Å². The lowest BCUT2D eigenvalue weighted by atomic mass is 9.95. The van der Waals surface area contributed by atoms with Crippen LogP contribution >= 0.6 is 0 Å². The van der Waals surface area contributed by atoms with Crippen LogP contribution in [0.5, 0.6) is 0 Å². The molecular formula is C18H21NO5. The average molecular weight is 331 g/mol. The molecule has 2 rings (SSSR count). The molecule has 6 nitrogen and oxygen atoms in total. The van der Waals surface area contributed by atoms with Crippen molar-refractivity contribution in [3.8, 4) is 0 Å². The number of carbonyl (C=O) groups excluding carboxylic acids is 3. The molecule has 0 fully saturated rings. The van der Waals surface area contributed by atoms with Gasteiger partial charge in [-0.2, -0.15) is 0 Å². The molecule has 0 aromatic heterocycles. The van der Waals surface area contributed by atoms with E-state index in [-0.39, 0.29) is 13.2 Å². The normalized spacial score (nSPS) is 16.6. The zero-order valence-electron chi connectivity index (χ0n) is 13.9. The van der Waals surface area contributed by atoms with E-state index in [4.69, 9.17) is 9.47 Å². The Hall–Kier alpha value is -2.63. The number of rotatable bonds is 4. The van der Waals surface area contributed by atoms with Gasteiger partial charge in [0, 0.05) is 11.8 Å². The Balaban J connectivity index is 2.31. The van der Waals surface area contributed by atoms with Crippen molar-refractivity contribution in [2.75, 3.05) is 18.1 Å². The van der Waals surface area contributed by atoms with Gasteiger partial charge in [-0.15, -0.1) is 0 Å². The van der Waals surface area contributed by atoms with E-state index < -0.39 is 23.9 Å². The summed E-state index contributed by atoms with van der Waals surface area (Å²) in [5.74, 6) is -2.11. The predicted molar refractivity (Wildman–Crippen MR) is 88.4 cm³/mol. The van der Waals surface area contributed by atoms with Crippen LogP contribution in [0.1, 0.15) is 25.8 Å². The molecule has 0 spiro atoms. The third-order valence-electron chi connectivity index (χ3n) is 3.70. The summed E-state index contributed by atoms with van der Waals surface area (Å²) in [6, 6.07) is 7.01. The molecule has 1 aliphatic heterocycles. The molecule has 0 N–H and O–H groups in total. The molecule has 1 atom stereocenters. The number of ether oxygens (including phenoxy) is 2. The summed E-state index contributed by atoms with van der Waals surface area (Å²) in [5, 5.41) is 0. The third kappa shape index (κ3) is 4.01. The maximum Gasteiger partial charge on any atom is 0.397 e. The molecule has 0 radical (unpaired) electrons. The Labute approximate surface area is 141 Å². The highest BCUT2D eigenvalue weighted by atomic mass is 16.5. The monoisotopic (exact) mass is 331 g/mol. The van der Waals surface area contributed by atoms with Crippen LogP contribution in [0, 0.1) is 0 Å². The molecule has 0 saturated heterocycles. The smallest absolute Gasteiger partial charge is 0.397 e.